The van der Waals surface area contributed by atoms with Gasteiger partial charge in [0.25, 0.3) is 0 Å². The van der Waals surface area contributed by atoms with Crippen molar-refractivity contribution in [2.45, 2.75) is 46.0 Å². The fourth-order valence-corrected chi connectivity index (χ4v) is 3.04. The summed E-state index contributed by atoms with van der Waals surface area (Å²) >= 11 is 0. The molecule has 0 aromatic carbocycles. The van der Waals surface area contributed by atoms with Gasteiger partial charge in [-0.2, -0.15) is 5.10 Å². The van der Waals surface area contributed by atoms with Crippen molar-refractivity contribution >= 4 is 11.6 Å². The number of ether oxygens (including phenoxy) is 1. The minimum Gasteiger partial charge on any atom is -0.462 e. The number of nitrogens with zero attached hydrogens (tertiary/aromatic N) is 3. The van der Waals surface area contributed by atoms with Gasteiger partial charge < -0.3 is 4.74 Å². The first-order chi connectivity index (χ1) is 10.1. The summed E-state index contributed by atoms with van der Waals surface area (Å²) in [6.07, 6.45) is 7.69. The first-order valence-electron chi connectivity index (χ1n) is 7.64. The SMILES string of the molecule is Cc1cc(C)n2ncc(C(=O)OCC3CCCCC3)c2n1. The van der Waals surface area contributed by atoms with Crippen LogP contribution >= 0.6 is 0 Å². The zero-order chi connectivity index (χ0) is 14.8. The number of rotatable bonds is 3. The van der Waals surface area contributed by atoms with Gasteiger partial charge in [-0.25, -0.2) is 14.3 Å². The summed E-state index contributed by atoms with van der Waals surface area (Å²) in [5, 5.41) is 4.23. The monoisotopic (exact) mass is 287 g/mol. The van der Waals surface area contributed by atoms with Crippen molar-refractivity contribution in [1.82, 2.24) is 14.6 Å². The van der Waals surface area contributed by atoms with Gasteiger partial charge in [-0.15, -0.1) is 0 Å². The van der Waals surface area contributed by atoms with Gasteiger partial charge in [0.05, 0.1) is 12.8 Å². The van der Waals surface area contributed by atoms with Gasteiger partial charge in [-0.1, -0.05) is 19.3 Å². The van der Waals surface area contributed by atoms with E-state index in [2.05, 4.69) is 10.1 Å². The van der Waals surface area contributed by atoms with Gasteiger partial charge in [0.15, 0.2) is 5.65 Å². The van der Waals surface area contributed by atoms with Gasteiger partial charge in [0, 0.05) is 11.4 Å². The molecule has 0 atom stereocenters. The number of carbonyl (C=O) groups is 1. The third kappa shape index (κ3) is 2.91. The van der Waals surface area contributed by atoms with Crippen LogP contribution in [0, 0.1) is 19.8 Å². The van der Waals surface area contributed by atoms with E-state index < -0.39 is 0 Å². The van der Waals surface area contributed by atoms with E-state index in [1.54, 1.807) is 10.7 Å². The van der Waals surface area contributed by atoms with E-state index in [1.165, 1.54) is 32.1 Å². The van der Waals surface area contributed by atoms with Gasteiger partial charge in [-0.05, 0) is 38.7 Å². The molecule has 0 radical (unpaired) electrons. The molecule has 2 aromatic rings. The maximum Gasteiger partial charge on any atom is 0.343 e. The molecule has 0 N–H and O–H groups in total. The third-order valence-corrected chi connectivity index (χ3v) is 4.17. The highest BCUT2D eigenvalue weighted by atomic mass is 16.5. The molecular formula is C16H21N3O2. The smallest absolute Gasteiger partial charge is 0.343 e. The maximum absolute atomic E-state index is 12.3. The quantitative estimate of drug-likeness (QED) is 0.814. The fourth-order valence-electron chi connectivity index (χ4n) is 3.04. The van der Waals surface area contributed by atoms with Gasteiger partial charge >= 0.3 is 5.97 Å². The molecule has 21 heavy (non-hydrogen) atoms. The van der Waals surface area contributed by atoms with Gasteiger partial charge in [0.2, 0.25) is 0 Å². The van der Waals surface area contributed by atoms with Crippen LogP contribution in [0.5, 0.6) is 0 Å². The second-order valence-corrected chi connectivity index (χ2v) is 5.94. The molecule has 5 heteroatoms. The standard InChI is InChI=1S/C16H21N3O2/c1-11-8-12(2)19-15(18-11)14(9-17-19)16(20)21-10-13-6-4-3-5-7-13/h8-9,13H,3-7,10H2,1-2H3. The van der Waals surface area contributed by atoms with Crippen molar-refractivity contribution < 1.29 is 9.53 Å². The Morgan fingerprint density at radius 1 is 1.33 bits per heavy atom. The first-order valence-corrected chi connectivity index (χ1v) is 7.64. The molecule has 1 aliphatic rings. The zero-order valence-electron chi connectivity index (χ0n) is 12.6. The third-order valence-electron chi connectivity index (χ3n) is 4.17. The molecule has 1 fully saturated rings. The summed E-state index contributed by atoms with van der Waals surface area (Å²) in [4.78, 5) is 16.7. The molecule has 0 amide bonds. The largest absolute Gasteiger partial charge is 0.462 e. The zero-order valence-corrected chi connectivity index (χ0v) is 12.6. The van der Waals surface area contributed by atoms with Crippen molar-refractivity contribution in [2.24, 2.45) is 5.92 Å². The lowest BCUT2D eigenvalue weighted by Gasteiger charge is -2.20. The Bertz CT molecular complexity index is 657. The van der Waals surface area contributed by atoms with Gasteiger partial charge in [-0.3, -0.25) is 0 Å². The Morgan fingerprint density at radius 3 is 2.86 bits per heavy atom. The Balaban J connectivity index is 1.75. The predicted molar refractivity (Wildman–Crippen MR) is 79.3 cm³/mol. The number of aryl methyl sites for hydroxylation is 2. The molecule has 0 unspecified atom stereocenters. The van der Waals surface area contributed by atoms with E-state index in [-0.39, 0.29) is 5.97 Å². The molecule has 2 heterocycles. The van der Waals surface area contributed by atoms with Crippen LogP contribution in [-0.2, 0) is 4.74 Å². The lowest BCUT2D eigenvalue weighted by Crippen LogP contribution is -2.17. The molecule has 1 aliphatic carbocycles. The predicted octanol–water partition coefficient (Wildman–Crippen LogP) is 3.08. The molecule has 0 bridgehead atoms. The minimum atomic E-state index is -0.312. The summed E-state index contributed by atoms with van der Waals surface area (Å²) in [6.45, 7) is 4.38. The normalized spacial score (nSPS) is 16.3. The Kier molecular flexibility index (Phi) is 3.90. The summed E-state index contributed by atoms with van der Waals surface area (Å²) in [5.41, 5.74) is 2.88. The van der Waals surface area contributed by atoms with Crippen molar-refractivity contribution in [1.29, 1.82) is 0 Å². The Labute approximate surface area is 124 Å². The Hall–Kier alpha value is -1.91. The van der Waals surface area contributed by atoms with Crippen molar-refractivity contribution in [3.05, 3.63) is 29.2 Å². The molecule has 112 valence electrons. The average Bonchev–Trinajstić information content (AvgIpc) is 2.90. The van der Waals surface area contributed by atoms with Crippen molar-refractivity contribution in [2.75, 3.05) is 6.61 Å². The van der Waals surface area contributed by atoms with Crippen LogP contribution < -0.4 is 0 Å². The summed E-state index contributed by atoms with van der Waals surface area (Å²) < 4.78 is 7.17. The molecule has 0 spiro atoms. The Morgan fingerprint density at radius 2 is 2.10 bits per heavy atom. The van der Waals surface area contributed by atoms with E-state index in [4.69, 9.17) is 4.74 Å². The highest BCUT2D eigenvalue weighted by Crippen LogP contribution is 2.24. The lowest BCUT2D eigenvalue weighted by molar-refractivity contribution is 0.0412. The highest BCUT2D eigenvalue weighted by Gasteiger charge is 2.20. The number of hydrogen-bond acceptors (Lipinski definition) is 4. The van der Waals surface area contributed by atoms with Crippen LogP contribution in [0.2, 0.25) is 0 Å². The van der Waals surface area contributed by atoms with E-state index in [1.807, 2.05) is 19.9 Å². The van der Waals surface area contributed by atoms with E-state index in [0.29, 0.717) is 23.7 Å². The minimum absolute atomic E-state index is 0.312. The second kappa shape index (κ2) is 5.84. The van der Waals surface area contributed by atoms with Crippen LogP contribution in [0.4, 0.5) is 0 Å². The molecule has 3 rings (SSSR count). The molecule has 2 aromatic heterocycles. The summed E-state index contributed by atoms with van der Waals surface area (Å²) in [7, 11) is 0. The van der Waals surface area contributed by atoms with Crippen LogP contribution in [0.15, 0.2) is 12.3 Å². The fraction of sp³-hybridized carbons (Fsp3) is 0.562. The topological polar surface area (TPSA) is 56.5 Å². The van der Waals surface area contributed by atoms with E-state index >= 15 is 0 Å². The molecule has 0 saturated heterocycles. The number of hydrogen-bond donors (Lipinski definition) is 0. The molecule has 5 nitrogen and oxygen atoms in total. The van der Waals surface area contributed by atoms with Crippen molar-refractivity contribution in [3.8, 4) is 0 Å². The van der Waals surface area contributed by atoms with Crippen LogP contribution in [0.25, 0.3) is 5.65 Å². The highest BCUT2D eigenvalue weighted by molar-refractivity contribution is 5.95. The average molecular weight is 287 g/mol. The van der Waals surface area contributed by atoms with Crippen LogP contribution in [0.1, 0.15) is 53.8 Å². The van der Waals surface area contributed by atoms with Crippen LogP contribution in [0.3, 0.4) is 0 Å². The molecule has 0 aliphatic heterocycles. The summed E-state index contributed by atoms with van der Waals surface area (Å²) in [5.74, 6) is 0.203. The number of carbonyl (C=O) groups excluding carboxylic acids is 1. The van der Waals surface area contributed by atoms with E-state index in [9.17, 15) is 4.79 Å². The second-order valence-electron chi connectivity index (χ2n) is 5.94. The first kappa shape index (κ1) is 14.0. The maximum atomic E-state index is 12.3. The summed E-state index contributed by atoms with van der Waals surface area (Å²) in [6, 6.07) is 1.94. The molecular weight excluding hydrogens is 266 g/mol. The number of aromatic nitrogens is 3. The van der Waals surface area contributed by atoms with E-state index in [0.717, 1.165) is 11.4 Å². The molecule has 1 saturated carbocycles. The number of fused-ring (bicyclic) bond motifs is 1. The van der Waals surface area contributed by atoms with Crippen molar-refractivity contribution in [3.63, 3.8) is 0 Å². The van der Waals surface area contributed by atoms with Crippen LogP contribution in [-0.4, -0.2) is 27.2 Å². The lowest BCUT2D eigenvalue weighted by atomic mass is 9.90. The van der Waals surface area contributed by atoms with Gasteiger partial charge in [0.1, 0.15) is 5.56 Å². The number of esters is 1.